The molecule has 2 N–H and O–H groups in total. The Morgan fingerprint density at radius 2 is 1.90 bits per heavy atom. The van der Waals surface area contributed by atoms with E-state index in [0.717, 1.165) is 16.3 Å². The first-order chi connectivity index (χ1) is 10.3. The molecular weight excluding hydrogens is 280 g/mol. The molecule has 0 spiro atoms. The van der Waals surface area contributed by atoms with Gasteiger partial charge in [-0.05, 0) is 23.3 Å². The average Bonchev–Trinajstić information content (AvgIpc) is 3.03. The van der Waals surface area contributed by atoms with E-state index in [1.807, 2.05) is 48.7 Å². The van der Waals surface area contributed by atoms with Crippen molar-refractivity contribution < 1.29 is 5.11 Å². The molecule has 21 heavy (non-hydrogen) atoms. The highest BCUT2D eigenvalue weighted by Gasteiger charge is 2.04. The molecule has 0 amide bonds. The van der Waals surface area contributed by atoms with Gasteiger partial charge in [0.2, 0.25) is 0 Å². The maximum atomic E-state index is 9.14. The maximum absolute atomic E-state index is 9.14. The fourth-order valence-corrected chi connectivity index (χ4v) is 2.95. The normalized spacial score (nSPS) is 10.5. The van der Waals surface area contributed by atoms with E-state index in [4.69, 9.17) is 5.11 Å². The molecule has 3 rings (SSSR count). The number of aromatic nitrogens is 1. The van der Waals surface area contributed by atoms with Gasteiger partial charge in [0.15, 0.2) is 0 Å². The van der Waals surface area contributed by atoms with Gasteiger partial charge in [-0.15, -0.1) is 11.3 Å². The van der Waals surface area contributed by atoms with Gasteiger partial charge in [-0.3, -0.25) is 0 Å². The molecule has 0 fully saturated rings. The lowest BCUT2D eigenvalue weighted by atomic mass is 10.2. The minimum Gasteiger partial charge on any atom is -0.392 e. The molecule has 2 aromatic carbocycles. The molecule has 1 heterocycles. The second-order valence-electron chi connectivity index (χ2n) is 4.70. The molecule has 1 aromatic heterocycles. The summed E-state index contributed by atoms with van der Waals surface area (Å²) in [5.41, 5.74) is 3.10. The summed E-state index contributed by atoms with van der Waals surface area (Å²) < 4.78 is 0. The van der Waals surface area contributed by atoms with E-state index in [1.54, 1.807) is 11.3 Å². The van der Waals surface area contributed by atoms with Crippen LogP contribution in [0.4, 0.5) is 5.69 Å². The molecule has 4 heteroatoms. The first-order valence-corrected chi connectivity index (χ1v) is 7.60. The number of hydrogen-bond acceptors (Lipinski definition) is 4. The highest BCUT2D eigenvalue weighted by atomic mass is 32.1. The zero-order valence-electron chi connectivity index (χ0n) is 11.5. The van der Waals surface area contributed by atoms with E-state index in [2.05, 4.69) is 22.4 Å². The van der Waals surface area contributed by atoms with E-state index >= 15 is 0 Å². The summed E-state index contributed by atoms with van der Waals surface area (Å²) >= 11 is 1.69. The molecule has 106 valence electrons. The largest absolute Gasteiger partial charge is 0.392 e. The van der Waals surface area contributed by atoms with Gasteiger partial charge < -0.3 is 10.4 Å². The van der Waals surface area contributed by atoms with Crippen LogP contribution in [0.5, 0.6) is 0 Å². The fraction of sp³-hybridized carbons (Fsp3) is 0.118. The quantitative estimate of drug-likeness (QED) is 0.750. The number of anilines is 1. The van der Waals surface area contributed by atoms with Crippen LogP contribution in [0.2, 0.25) is 0 Å². The Morgan fingerprint density at radius 3 is 2.71 bits per heavy atom. The number of benzene rings is 2. The van der Waals surface area contributed by atoms with Gasteiger partial charge in [0.1, 0.15) is 5.01 Å². The number of aliphatic hydroxyl groups excluding tert-OH is 1. The van der Waals surface area contributed by atoms with E-state index in [9.17, 15) is 0 Å². The Labute approximate surface area is 127 Å². The third-order valence-electron chi connectivity index (χ3n) is 3.17. The molecule has 3 nitrogen and oxygen atoms in total. The number of hydrogen-bond donors (Lipinski definition) is 2. The van der Waals surface area contributed by atoms with Crippen LogP contribution >= 0.6 is 11.3 Å². The predicted octanol–water partition coefficient (Wildman–Crippen LogP) is 3.91. The third-order valence-corrected chi connectivity index (χ3v) is 4.21. The molecule has 0 atom stereocenters. The Kier molecular flexibility index (Phi) is 4.28. The molecule has 0 bridgehead atoms. The van der Waals surface area contributed by atoms with Crippen LogP contribution in [-0.4, -0.2) is 10.1 Å². The van der Waals surface area contributed by atoms with Crippen LogP contribution in [-0.2, 0) is 13.2 Å². The van der Waals surface area contributed by atoms with Crippen molar-refractivity contribution in [3.63, 3.8) is 0 Å². The van der Waals surface area contributed by atoms with Gasteiger partial charge in [-0.1, -0.05) is 42.5 Å². The van der Waals surface area contributed by atoms with Crippen LogP contribution in [0.3, 0.4) is 0 Å². The minimum absolute atomic E-state index is 0.0604. The summed E-state index contributed by atoms with van der Waals surface area (Å²) in [6.45, 7) is 0.747. The topological polar surface area (TPSA) is 45.1 Å². The highest BCUT2D eigenvalue weighted by molar-refractivity contribution is 7.15. The molecular formula is C17H16N2OS. The van der Waals surface area contributed by atoms with Crippen molar-refractivity contribution in [1.82, 2.24) is 4.98 Å². The Morgan fingerprint density at radius 1 is 1.05 bits per heavy atom. The van der Waals surface area contributed by atoms with Crippen LogP contribution < -0.4 is 5.32 Å². The SMILES string of the molecule is OCc1cccc(NCc2ncc(-c3ccccc3)s2)c1. The first kappa shape index (κ1) is 13.8. The van der Waals surface area contributed by atoms with Crippen molar-refractivity contribution in [3.8, 4) is 10.4 Å². The summed E-state index contributed by atoms with van der Waals surface area (Å²) in [7, 11) is 0. The van der Waals surface area contributed by atoms with Crippen molar-refractivity contribution in [3.05, 3.63) is 71.4 Å². The fourth-order valence-electron chi connectivity index (χ4n) is 2.09. The van der Waals surface area contributed by atoms with Gasteiger partial charge in [-0.2, -0.15) is 0 Å². The summed E-state index contributed by atoms with van der Waals surface area (Å²) in [4.78, 5) is 5.63. The Bertz CT molecular complexity index is 710. The van der Waals surface area contributed by atoms with E-state index in [0.29, 0.717) is 6.54 Å². The number of nitrogens with zero attached hydrogens (tertiary/aromatic N) is 1. The first-order valence-electron chi connectivity index (χ1n) is 6.79. The van der Waals surface area contributed by atoms with Gasteiger partial charge in [0.25, 0.3) is 0 Å². The number of nitrogens with one attached hydrogen (secondary N) is 1. The van der Waals surface area contributed by atoms with Crippen molar-refractivity contribution >= 4 is 17.0 Å². The van der Waals surface area contributed by atoms with Crippen molar-refractivity contribution in [2.75, 3.05) is 5.32 Å². The van der Waals surface area contributed by atoms with Gasteiger partial charge in [0, 0.05) is 11.9 Å². The zero-order chi connectivity index (χ0) is 14.5. The van der Waals surface area contributed by atoms with E-state index < -0.39 is 0 Å². The van der Waals surface area contributed by atoms with Crippen LogP contribution in [0, 0.1) is 0 Å². The minimum atomic E-state index is 0.0604. The molecule has 3 aromatic rings. The second kappa shape index (κ2) is 6.52. The Hall–Kier alpha value is -2.17. The van der Waals surface area contributed by atoms with Gasteiger partial charge in [-0.25, -0.2) is 4.98 Å². The lowest BCUT2D eigenvalue weighted by molar-refractivity contribution is 0.282. The second-order valence-corrected chi connectivity index (χ2v) is 5.81. The third kappa shape index (κ3) is 3.48. The van der Waals surface area contributed by atoms with Crippen LogP contribution in [0.15, 0.2) is 60.8 Å². The predicted molar refractivity (Wildman–Crippen MR) is 87.2 cm³/mol. The lowest BCUT2D eigenvalue weighted by Crippen LogP contribution is -1.99. The number of aliphatic hydroxyl groups is 1. The monoisotopic (exact) mass is 296 g/mol. The number of thiazole rings is 1. The average molecular weight is 296 g/mol. The van der Waals surface area contributed by atoms with Crippen molar-refractivity contribution in [2.45, 2.75) is 13.2 Å². The smallest absolute Gasteiger partial charge is 0.112 e. The van der Waals surface area contributed by atoms with E-state index in [1.165, 1.54) is 10.4 Å². The molecule has 0 saturated heterocycles. The van der Waals surface area contributed by atoms with Crippen molar-refractivity contribution in [2.24, 2.45) is 0 Å². The standard InChI is InChI=1S/C17H16N2OS/c20-12-13-5-4-8-15(9-13)18-11-17-19-10-16(21-17)14-6-2-1-3-7-14/h1-10,18,20H,11-12H2. The summed E-state index contributed by atoms with van der Waals surface area (Å²) in [6.07, 6.45) is 1.92. The summed E-state index contributed by atoms with van der Waals surface area (Å²) in [6, 6.07) is 18.1. The van der Waals surface area contributed by atoms with E-state index in [-0.39, 0.29) is 6.61 Å². The molecule has 0 unspecified atom stereocenters. The van der Waals surface area contributed by atoms with Crippen LogP contribution in [0.25, 0.3) is 10.4 Å². The maximum Gasteiger partial charge on any atom is 0.112 e. The van der Waals surface area contributed by atoms with Gasteiger partial charge in [0.05, 0.1) is 18.0 Å². The van der Waals surface area contributed by atoms with Crippen LogP contribution in [0.1, 0.15) is 10.6 Å². The number of rotatable bonds is 5. The highest BCUT2D eigenvalue weighted by Crippen LogP contribution is 2.26. The molecule has 0 aliphatic heterocycles. The Balaban J connectivity index is 1.67. The molecule has 0 aliphatic carbocycles. The van der Waals surface area contributed by atoms with Crippen molar-refractivity contribution in [1.29, 1.82) is 0 Å². The summed E-state index contributed by atoms with van der Waals surface area (Å²) in [5.74, 6) is 0. The molecule has 0 radical (unpaired) electrons. The lowest BCUT2D eigenvalue weighted by Gasteiger charge is -2.05. The zero-order valence-corrected chi connectivity index (χ0v) is 12.3. The van der Waals surface area contributed by atoms with Gasteiger partial charge >= 0.3 is 0 Å². The molecule has 0 aliphatic rings. The molecule has 0 saturated carbocycles. The summed E-state index contributed by atoms with van der Waals surface area (Å²) in [5, 5.41) is 13.5.